The quantitative estimate of drug-likeness (QED) is 0.490. The van der Waals surface area contributed by atoms with Crippen molar-refractivity contribution in [3.05, 3.63) is 12.2 Å². The summed E-state index contributed by atoms with van der Waals surface area (Å²) in [6, 6.07) is 0.695. The van der Waals surface area contributed by atoms with Gasteiger partial charge in [-0.25, -0.2) is 0 Å². The van der Waals surface area contributed by atoms with Gasteiger partial charge < -0.3 is 10.2 Å². The minimum Gasteiger partial charge on any atom is -0.356 e. The Kier molecular flexibility index (Phi) is 4.53. The number of nitrogens with zero attached hydrogens (tertiary/aromatic N) is 3. The van der Waals surface area contributed by atoms with Gasteiger partial charge in [0.2, 0.25) is 0 Å². The van der Waals surface area contributed by atoms with E-state index in [9.17, 15) is 0 Å². The molecule has 0 spiro atoms. The summed E-state index contributed by atoms with van der Waals surface area (Å²) < 4.78 is 0. The molecule has 1 N–H and O–H groups in total. The minimum atomic E-state index is 0.480. The molecule has 4 nitrogen and oxygen atoms in total. The van der Waals surface area contributed by atoms with Gasteiger partial charge in [-0.3, -0.25) is 9.89 Å². The fraction of sp³-hybridized carbons (Fsp3) is 0.824. The molecule has 1 saturated heterocycles. The van der Waals surface area contributed by atoms with Crippen LogP contribution >= 0.6 is 0 Å². The van der Waals surface area contributed by atoms with E-state index in [1.54, 1.807) is 0 Å². The summed E-state index contributed by atoms with van der Waals surface area (Å²) in [7, 11) is 1.92. The lowest BCUT2D eigenvalue weighted by Gasteiger charge is -2.29. The molecule has 118 valence electrons. The first-order valence-corrected chi connectivity index (χ1v) is 8.55. The van der Waals surface area contributed by atoms with E-state index in [4.69, 9.17) is 0 Å². The highest BCUT2D eigenvalue weighted by Gasteiger charge is 2.32. The molecule has 2 aliphatic heterocycles. The molecule has 3 rings (SSSR count). The van der Waals surface area contributed by atoms with Crippen LogP contribution in [-0.2, 0) is 0 Å². The molecule has 1 saturated carbocycles. The zero-order valence-corrected chi connectivity index (χ0v) is 13.6. The first-order valence-electron chi connectivity index (χ1n) is 8.55. The molecule has 1 unspecified atom stereocenters. The molecule has 21 heavy (non-hydrogen) atoms. The van der Waals surface area contributed by atoms with Crippen molar-refractivity contribution < 1.29 is 0 Å². The minimum absolute atomic E-state index is 0.480. The molecule has 1 atom stereocenters. The van der Waals surface area contributed by atoms with Crippen molar-refractivity contribution in [1.29, 1.82) is 0 Å². The van der Waals surface area contributed by atoms with Crippen molar-refractivity contribution in [3.63, 3.8) is 0 Å². The van der Waals surface area contributed by atoms with Crippen LogP contribution in [0.4, 0.5) is 0 Å². The molecule has 0 radical (unpaired) electrons. The van der Waals surface area contributed by atoms with Crippen LogP contribution in [-0.4, -0.2) is 61.6 Å². The topological polar surface area (TPSA) is 30.9 Å². The lowest BCUT2D eigenvalue weighted by Crippen LogP contribution is -2.45. The number of aliphatic imine (C=N–C) groups is 1. The second kappa shape index (κ2) is 6.39. The standard InChI is InChI=1S/C17H30N4/c1-17(8-3-4-9-17)14-19-16(18-2)21-12-7-15(13-21)20-10-5-6-11-20/h5-6,15H,3-4,7-14H2,1-2H3,(H,18,19). The second-order valence-electron chi connectivity index (χ2n) is 7.23. The first kappa shape index (κ1) is 14.9. The number of hydrogen-bond acceptors (Lipinski definition) is 2. The van der Waals surface area contributed by atoms with E-state index in [0.29, 0.717) is 11.5 Å². The Morgan fingerprint density at radius 2 is 2.00 bits per heavy atom. The summed E-state index contributed by atoms with van der Waals surface area (Å²) in [6.07, 6.45) is 11.3. The third kappa shape index (κ3) is 3.42. The van der Waals surface area contributed by atoms with Crippen LogP contribution in [0.3, 0.4) is 0 Å². The van der Waals surface area contributed by atoms with Gasteiger partial charge in [-0.2, -0.15) is 0 Å². The number of likely N-dealkylation sites (tertiary alicyclic amines) is 1. The van der Waals surface area contributed by atoms with E-state index in [2.05, 4.69) is 39.2 Å². The Labute approximate surface area is 129 Å². The van der Waals surface area contributed by atoms with Crippen LogP contribution < -0.4 is 5.32 Å². The molecular formula is C17H30N4. The Bertz CT molecular complexity index is 401. The number of guanidine groups is 1. The first-order chi connectivity index (χ1) is 10.2. The smallest absolute Gasteiger partial charge is 0.193 e. The van der Waals surface area contributed by atoms with Crippen molar-refractivity contribution in [2.75, 3.05) is 39.8 Å². The van der Waals surface area contributed by atoms with Crippen molar-refractivity contribution in [2.24, 2.45) is 10.4 Å². The van der Waals surface area contributed by atoms with E-state index >= 15 is 0 Å². The fourth-order valence-corrected chi connectivity index (χ4v) is 4.05. The Morgan fingerprint density at radius 3 is 2.67 bits per heavy atom. The van der Waals surface area contributed by atoms with Gasteiger partial charge in [0.1, 0.15) is 0 Å². The molecule has 0 aromatic heterocycles. The van der Waals surface area contributed by atoms with Gasteiger partial charge in [0.05, 0.1) is 0 Å². The lowest BCUT2D eigenvalue weighted by atomic mass is 9.89. The highest BCUT2D eigenvalue weighted by molar-refractivity contribution is 5.80. The monoisotopic (exact) mass is 290 g/mol. The average Bonchev–Trinajstić information content (AvgIpc) is 3.20. The van der Waals surface area contributed by atoms with Crippen molar-refractivity contribution >= 4 is 5.96 Å². The van der Waals surface area contributed by atoms with Gasteiger partial charge in [0.15, 0.2) is 5.96 Å². The second-order valence-corrected chi connectivity index (χ2v) is 7.23. The van der Waals surface area contributed by atoms with Gasteiger partial charge >= 0.3 is 0 Å². The summed E-state index contributed by atoms with van der Waals surface area (Å²) in [6.45, 7) is 8.01. The van der Waals surface area contributed by atoms with Crippen LogP contribution in [0.1, 0.15) is 39.0 Å². The van der Waals surface area contributed by atoms with Crippen molar-refractivity contribution in [1.82, 2.24) is 15.1 Å². The van der Waals surface area contributed by atoms with Crippen LogP contribution in [0.5, 0.6) is 0 Å². The van der Waals surface area contributed by atoms with E-state index in [1.807, 2.05) is 7.05 Å². The van der Waals surface area contributed by atoms with Crippen LogP contribution in [0.2, 0.25) is 0 Å². The maximum atomic E-state index is 4.52. The van der Waals surface area contributed by atoms with E-state index in [0.717, 1.165) is 38.7 Å². The van der Waals surface area contributed by atoms with Crippen molar-refractivity contribution in [2.45, 2.75) is 45.1 Å². The Hall–Kier alpha value is -1.03. The SMILES string of the molecule is CN=C(NCC1(C)CCCC1)N1CCC(N2CC=CC2)C1. The van der Waals surface area contributed by atoms with Gasteiger partial charge in [0.25, 0.3) is 0 Å². The summed E-state index contributed by atoms with van der Waals surface area (Å²) in [4.78, 5) is 9.54. The largest absolute Gasteiger partial charge is 0.356 e. The molecular weight excluding hydrogens is 260 g/mol. The molecule has 2 heterocycles. The average molecular weight is 290 g/mol. The third-order valence-corrected chi connectivity index (χ3v) is 5.52. The molecule has 0 aromatic carbocycles. The summed E-state index contributed by atoms with van der Waals surface area (Å²) in [5.74, 6) is 1.11. The van der Waals surface area contributed by atoms with Crippen molar-refractivity contribution in [3.8, 4) is 0 Å². The predicted molar refractivity (Wildman–Crippen MR) is 88.6 cm³/mol. The molecule has 4 heteroatoms. The van der Waals surface area contributed by atoms with Gasteiger partial charge in [-0.15, -0.1) is 0 Å². The maximum absolute atomic E-state index is 4.52. The zero-order chi connectivity index (χ0) is 14.7. The Balaban J connectivity index is 1.50. The van der Waals surface area contributed by atoms with Gasteiger partial charge in [-0.05, 0) is 24.7 Å². The van der Waals surface area contributed by atoms with E-state index < -0.39 is 0 Å². The number of hydrogen-bond donors (Lipinski definition) is 1. The highest BCUT2D eigenvalue weighted by atomic mass is 15.3. The van der Waals surface area contributed by atoms with Crippen LogP contribution in [0.15, 0.2) is 17.1 Å². The van der Waals surface area contributed by atoms with Gasteiger partial charge in [-0.1, -0.05) is 31.9 Å². The van der Waals surface area contributed by atoms with Crippen LogP contribution in [0.25, 0.3) is 0 Å². The summed E-state index contributed by atoms with van der Waals surface area (Å²) in [5.41, 5.74) is 0.480. The predicted octanol–water partition coefficient (Wildman–Crippen LogP) is 2.09. The molecule has 0 amide bonds. The molecule has 0 bridgehead atoms. The molecule has 0 aromatic rings. The number of rotatable bonds is 3. The highest BCUT2D eigenvalue weighted by Crippen LogP contribution is 2.36. The van der Waals surface area contributed by atoms with Crippen LogP contribution in [0, 0.1) is 5.41 Å². The maximum Gasteiger partial charge on any atom is 0.193 e. The summed E-state index contributed by atoms with van der Waals surface area (Å²) in [5, 5.41) is 3.65. The number of nitrogens with one attached hydrogen (secondary N) is 1. The third-order valence-electron chi connectivity index (χ3n) is 5.52. The lowest BCUT2D eigenvalue weighted by molar-refractivity contribution is 0.258. The Morgan fingerprint density at radius 1 is 1.29 bits per heavy atom. The normalized spacial score (nSPS) is 29.5. The van der Waals surface area contributed by atoms with Gasteiger partial charge in [0, 0.05) is 45.8 Å². The molecule has 3 aliphatic rings. The summed E-state index contributed by atoms with van der Waals surface area (Å²) >= 11 is 0. The van der Waals surface area contributed by atoms with E-state index in [1.165, 1.54) is 32.1 Å². The zero-order valence-electron chi connectivity index (χ0n) is 13.6. The van der Waals surface area contributed by atoms with E-state index in [-0.39, 0.29) is 0 Å². The fourth-order valence-electron chi connectivity index (χ4n) is 4.05. The molecule has 2 fully saturated rings. The molecule has 1 aliphatic carbocycles.